The molecule has 1 aliphatic carbocycles. The Morgan fingerprint density at radius 2 is 1.68 bits per heavy atom. The van der Waals surface area contributed by atoms with Crippen LogP contribution in [-0.4, -0.2) is 31.2 Å². The molecule has 0 unspecified atom stereocenters. The molecule has 6 heteroatoms. The first-order valence-corrected chi connectivity index (χ1v) is 9.83. The van der Waals surface area contributed by atoms with Crippen LogP contribution in [0.4, 0.5) is 0 Å². The molecule has 0 bridgehead atoms. The minimum atomic E-state index is -1.04. The minimum Gasteiger partial charge on any atom is -0.393 e. The van der Waals surface area contributed by atoms with Crippen molar-refractivity contribution in [2.24, 2.45) is 0 Å². The van der Waals surface area contributed by atoms with Gasteiger partial charge in [-0.25, -0.2) is 4.68 Å². The zero-order valence-electron chi connectivity index (χ0n) is 15.4. The van der Waals surface area contributed by atoms with E-state index >= 15 is 0 Å². The van der Waals surface area contributed by atoms with Crippen LogP contribution in [0.15, 0.2) is 54.6 Å². The molecule has 28 heavy (non-hydrogen) atoms. The number of hydrogen-bond donors (Lipinski definition) is 3. The predicted octanol–water partition coefficient (Wildman–Crippen LogP) is 3.81. The molecule has 146 valence electrons. The molecule has 5 nitrogen and oxygen atoms in total. The van der Waals surface area contributed by atoms with E-state index < -0.39 is 5.60 Å². The maximum Gasteiger partial charge on any atom is 0.109 e. The fourth-order valence-corrected chi connectivity index (χ4v) is 3.84. The van der Waals surface area contributed by atoms with Gasteiger partial charge in [0.15, 0.2) is 0 Å². The third kappa shape index (κ3) is 3.71. The first-order chi connectivity index (χ1) is 13.5. The SMILES string of the molecule is OCc1ccc(-n2nc(C3(O)CCC(O)CC3)cc2-c2ccc(Cl)cc2)cc1. The molecular formula is C22H23ClN2O3. The Labute approximate surface area is 168 Å². The van der Waals surface area contributed by atoms with Crippen LogP contribution in [0, 0.1) is 0 Å². The van der Waals surface area contributed by atoms with Gasteiger partial charge in [0.25, 0.3) is 0 Å². The average molecular weight is 399 g/mol. The molecule has 0 saturated heterocycles. The Morgan fingerprint density at radius 3 is 2.29 bits per heavy atom. The number of nitrogens with zero attached hydrogens (tertiary/aromatic N) is 2. The Kier molecular flexibility index (Phi) is 5.25. The second kappa shape index (κ2) is 7.68. The molecule has 1 aromatic heterocycles. The summed E-state index contributed by atoms with van der Waals surface area (Å²) in [5.41, 5.74) is 3.01. The number of rotatable bonds is 4. The molecule has 3 aromatic rings. The van der Waals surface area contributed by atoms with E-state index in [1.807, 2.05) is 59.3 Å². The van der Waals surface area contributed by atoms with E-state index in [1.54, 1.807) is 0 Å². The number of aliphatic hydroxyl groups excluding tert-OH is 2. The largest absolute Gasteiger partial charge is 0.393 e. The van der Waals surface area contributed by atoms with Gasteiger partial charge in [0.05, 0.1) is 29.8 Å². The van der Waals surface area contributed by atoms with Crippen LogP contribution >= 0.6 is 11.6 Å². The molecule has 1 heterocycles. The smallest absolute Gasteiger partial charge is 0.109 e. The van der Waals surface area contributed by atoms with E-state index in [9.17, 15) is 15.3 Å². The van der Waals surface area contributed by atoms with Crippen molar-refractivity contribution in [1.82, 2.24) is 9.78 Å². The van der Waals surface area contributed by atoms with E-state index in [0.29, 0.717) is 36.4 Å². The molecule has 1 aliphatic rings. The van der Waals surface area contributed by atoms with Gasteiger partial charge in [-0.05, 0) is 61.6 Å². The molecule has 0 atom stereocenters. The normalized spacial score (nSPS) is 22.4. The fraction of sp³-hybridized carbons (Fsp3) is 0.318. The Bertz CT molecular complexity index is 943. The van der Waals surface area contributed by atoms with E-state index in [4.69, 9.17) is 16.7 Å². The van der Waals surface area contributed by atoms with Gasteiger partial charge in [0.2, 0.25) is 0 Å². The summed E-state index contributed by atoms with van der Waals surface area (Å²) in [6.45, 7) is -0.0171. The average Bonchev–Trinajstić information content (AvgIpc) is 3.17. The number of aliphatic hydroxyl groups is 3. The van der Waals surface area contributed by atoms with Crippen molar-refractivity contribution in [3.8, 4) is 16.9 Å². The highest BCUT2D eigenvalue weighted by molar-refractivity contribution is 6.30. The van der Waals surface area contributed by atoms with Crippen molar-refractivity contribution < 1.29 is 15.3 Å². The van der Waals surface area contributed by atoms with Gasteiger partial charge in [-0.2, -0.15) is 5.10 Å². The Balaban J connectivity index is 1.80. The van der Waals surface area contributed by atoms with E-state index in [-0.39, 0.29) is 12.7 Å². The lowest BCUT2D eigenvalue weighted by molar-refractivity contribution is -0.0393. The molecular weight excluding hydrogens is 376 g/mol. The molecule has 0 amide bonds. The molecule has 4 rings (SSSR count). The highest BCUT2D eigenvalue weighted by atomic mass is 35.5. The highest BCUT2D eigenvalue weighted by Gasteiger charge is 2.37. The van der Waals surface area contributed by atoms with Crippen molar-refractivity contribution in [2.45, 2.75) is 44.0 Å². The van der Waals surface area contributed by atoms with Crippen LogP contribution < -0.4 is 0 Å². The summed E-state index contributed by atoms with van der Waals surface area (Å²) >= 11 is 6.04. The fourth-order valence-electron chi connectivity index (χ4n) is 3.71. The van der Waals surface area contributed by atoms with Crippen molar-refractivity contribution in [2.75, 3.05) is 0 Å². The van der Waals surface area contributed by atoms with Gasteiger partial charge in [-0.1, -0.05) is 35.9 Å². The zero-order valence-corrected chi connectivity index (χ0v) is 16.2. The molecule has 1 saturated carbocycles. The van der Waals surface area contributed by atoms with Crippen molar-refractivity contribution >= 4 is 11.6 Å². The summed E-state index contributed by atoms with van der Waals surface area (Å²) in [4.78, 5) is 0. The van der Waals surface area contributed by atoms with Crippen LogP contribution in [0.1, 0.15) is 36.9 Å². The maximum atomic E-state index is 11.2. The molecule has 0 aliphatic heterocycles. The molecule has 0 radical (unpaired) electrons. The summed E-state index contributed by atoms with van der Waals surface area (Å²) in [5, 5.41) is 35.7. The highest BCUT2D eigenvalue weighted by Crippen LogP contribution is 2.38. The van der Waals surface area contributed by atoms with Crippen molar-refractivity contribution in [3.63, 3.8) is 0 Å². The minimum absolute atomic E-state index is 0.0171. The van der Waals surface area contributed by atoms with Crippen LogP contribution in [0.3, 0.4) is 0 Å². The second-order valence-corrected chi connectivity index (χ2v) is 7.86. The zero-order chi connectivity index (χ0) is 19.7. The van der Waals surface area contributed by atoms with Crippen molar-refractivity contribution in [3.05, 3.63) is 70.9 Å². The van der Waals surface area contributed by atoms with Gasteiger partial charge < -0.3 is 15.3 Å². The van der Waals surface area contributed by atoms with Gasteiger partial charge in [-0.15, -0.1) is 0 Å². The second-order valence-electron chi connectivity index (χ2n) is 7.42. The Morgan fingerprint density at radius 1 is 1.04 bits per heavy atom. The molecule has 3 N–H and O–H groups in total. The number of hydrogen-bond acceptors (Lipinski definition) is 4. The van der Waals surface area contributed by atoms with E-state index in [1.165, 1.54) is 0 Å². The third-order valence-electron chi connectivity index (χ3n) is 5.47. The Hall–Kier alpha value is -2.18. The standard InChI is InChI=1S/C22H23ClN2O3/c23-17-5-3-16(4-6-17)20-13-21(22(28)11-9-19(27)10-12-22)24-25(20)18-7-1-15(14-26)2-8-18/h1-8,13,19,26-28H,9-12,14H2. The summed E-state index contributed by atoms with van der Waals surface area (Å²) in [6, 6.07) is 16.9. The van der Waals surface area contributed by atoms with E-state index in [2.05, 4.69) is 0 Å². The van der Waals surface area contributed by atoms with Crippen LogP contribution in [0.5, 0.6) is 0 Å². The van der Waals surface area contributed by atoms with Gasteiger partial charge in [0.1, 0.15) is 5.60 Å². The first-order valence-electron chi connectivity index (χ1n) is 9.46. The summed E-state index contributed by atoms with van der Waals surface area (Å²) < 4.78 is 1.81. The lowest BCUT2D eigenvalue weighted by Gasteiger charge is -2.32. The van der Waals surface area contributed by atoms with Crippen LogP contribution in [0.25, 0.3) is 16.9 Å². The number of benzene rings is 2. The summed E-state index contributed by atoms with van der Waals surface area (Å²) in [5.74, 6) is 0. The topological polar surface area (TPSA) is 78.5 Å². The summed E-state index contributed by atoms with van der Waals surface area (Å²) in [6.07, 6.45) is 1.73. The lowest BCUT2D eigenvalue weighted by Crippen LogP contribution is -2.33. The number of halogens is 1. The monoisotopic (exact) mass is 398 g/mol. The van der Waals surface area contributed by atoms with Crippen LogP contribution in [-0.2, 0) is 12.2 Å². The summed E-state index contributed by atoms with van der Waals surface area (Å²) in [7, 11) is 0. The molecule has 1 fully saturated rings. The van der Waals surface area contributed by atoms with Crippen LogP contribution in [0.2, 0.25) is 5.02 Å². The third-order valence-corrected chi connectivity index (χ3v) is 5.72. The molecule has 2 aromatic carbocycles. The first kappa shape index (κ1) is 19.2. The quantitative estimate of drug-likeness (QED) is 0.624. The van der Waals surface area contributed by atoms with Crippen molar-refractivity contribution in [1.29, 1.82) is 0 Å². The molecule has 0 spiro atoms. The predicted molar refractivity (Wildman–Crippen MR) is 108 cm³/mol. The van der Waals surface area contributed by atoms with Gasteiger partial charge in [0, 0.05) is 10.6 Å². The number of aromatic nitrogens is 2. The van der Waals surface area contributed by atoms with Gasteiger partial charge in [-0.3, -0.25) is 0 Å². The lowest BCUT2D eigenvalue weighted by atomic mass is 9.81. The maximum absolute atomic E-state index is 11.2. The van der Waals surface area contributed by atoms with Gasteiger partial charge >= 0.3 is 0 Å². The van der Waals surface area contributed by atoms with E-state index in [0.717, 1.165) is 22.5 Å².